The highest BCUT2D eigenvalue weighted by atomic mass is 16.1. The summed E-state index contributed by atoms with van der Waals surface area (Å²) in [7, 11) is 0. The maximum Gasteiger partial charge on any atom is 0.251 e. The Morgan fingerprint density at radius 2 is 2.14 bits per heavy atom. The lowest BCUT2D eigenvalue weighted by molar-refractivity contribution is 0.0953. The second-order valence-corrected chi connectivity index (χ2v) is 4.77. The monoisotopic (exact) mass is 280 g/mol. The van der Waals surface area contributed by atoms with E-state index < -0.39 is 0 Å². The minimum Gasteiger partial charge on any atom is -0.352 e. The molecule has 0 radical (unpaired) electrons. The van der Waals surface area contributed by atoms with Crippen LogP contribution in [0, 0.1) is 0 Å². The van der Waals surface area contributed by atoms with E-state index in [1.807, 2.05) is 41.8 Å². The number of amides is 1. The summed E-state index contributed by atoms with van der Waals surface area (Å²) < 4.78 is 1.88. The summed E-state index contributed by atoms with van der Waals surface area (Å²) in [6.45, 7) is 2.71. The highest BCUT2D eigenvalue weighted by molar-refractivity contribution is 5.94. The predicted molar refractivity (Wildman–Crippen MR) is 81.5 cm³/mol. The number of fused-ring (bicyclic) bond motifs is 1. The normalized spacial score (nSPS) is 10.7. The van der Waals surface area contributed by atoms with Gasteiger partial charge in [-0.15, -0.1) is 0 Å². The summed E-state index contributed by atoms with van der Waals surface area (Å²) in [5, 5.41) is 2.88. The van der Waals surface area contributed by atoms with Crippen molar-refractivity contribution in [1.29, 1.82) is 0 Å². The average Bonchev–Trinajstić information content (AvgIpc) is 2.97. The molecule has 106 valence electrons. The lowest BCUT2D eigenvalue weighted by Crippen LogP contribution is -2.24. The SMILES string of the molecule is CCCNC(=O)c1cccc(-n2cnc3cccnc32)c1. The highest BCUT2D eigenvalue weighted by Crippen LogP contribution is 2.16. The van der Waals surface area contributed by atoms with Crippen molar-refractivity contribution in [3.05, 3.63) is 54.5 Å². The highest BCUT2D eigenvalue weighted by Gasteiger charge is 2.09. The minimum atomic E-state index is -0.0592. The van der Waals surface area contributed by atoms with E-state index in [-0.39, 0.29) is 5.91 Å². The first kappa shape index (κ1) is 13.3. The van der Waals surface area contributed by atoms with E-state index in [1.54, 1.807) is 18.6 Å². The first-order valence-electron chi connectivity index (χ1n) is 6.96. The third kappa shape index (κ3) is 2.63. The molecule has 2 heterocycles. The standard InChI is InChI=1S/C16H16N4O/c1-2-8-18-16(21)12-5-3-6-13(10-12)20-11-19-14-7-4-9-17-15(14)20/h3-7,9-11H,2,8H2,1H3,(H,18,21). The molecule has 3 rings (SSSR count). The molecule has 21 heavy (non-hydrogen) atoms. The zero-order valence-corrected chi connectivity index (χ0v) is 11.8. The molecule has 0 aliphatic carbocycles. The number of carbonyl (C=O) groups excluding carboxylic acids is 1. The molecule has 5 heteroatoms. The van der Waals surface area contributed by atoms with Crippen molar-refractivity contribution in [1.82, 2.24) is 19.9 Å². The first-order valence-corrected chi connectivity index (χ1v) is 6.96. The summed E-state index contributed by atoms with van der Waals surface area (Å²) in [4.78, 5) is 20.7. The fourth-order valence-electron chi connectivity index (χ4n) is 2.18. The van der Waals surface area contributed by atoms with Crippen LogP contribution >= 0.6 is 0 Å². The molecule has 1 amide bonds. The second-order valence-electron chi connectivity index (χ2n) is 4.77. The number of nitrogens with one attached hydrogen (secondary N) is 1. The largest absolute Gasteiger partial charge is 0.352 e. The van der Waals surface area contributed by atoms with Crippen molar-refractivity contribution >= 4 is 17.1 Å². The van der Waals surface area contributed by atoms with Crippen LogP contribution < -0.4 is 5.32 Å². The Kier molecular flexibility index (Phi) is 3.64. The minimum absolute atomic E-state index is 0.0592. The molecule has 2 aromatic heterocycles. The Hall–Kier alpha value is -2.69. The zero-order valence-electron chi connectivity index (χ0n) is 11.8. The van der Waals surface area contributed by atoms with Crippen molar-refractivity contribution in [2.45, 2.75) is 13.3 Å². The number of hydrogen-bond donors (Lipinski definition) is 1. The number of hydrogen-bond acceptors (Lipinski definition) is 3. The number of nitrogens with zero attached hydrogens (tertiary/aromatic N) is 3. The fourth-order valence-corrected chi connectivity index (χ4v) is 2.18. The molecule has 0 unspecified atom stereocenters. The predicted octanol–water partition coefficient (Wildman–Crippen LogP) is 2.56. The number of carbonyl (C=O) groups is 1. The molecule has 5 nitrogen and oxygen atoms in total. The number of rotatable bonds is 4. The summed E-state index contributed by atoms with van der Waals surface area (Å²) in [5.74, 6) is -0.0592. The number of imidazole rings is 1. The van der Waals surface area contributed by atoms with E-state index in [0.717, 1.165) is 23.3 Å². The van der Waals surface area contributed by atoms with Gasteiger partial charge in [-0.3, -0.25) is 9.36 Å². The molecule has 0 fully saturated rings. The van der Waals surface area contributed by atoms with E-state index in [0.29, 0.717) is 12.1 Å². The molecule has 3 aromatic rings. The zero-order chi connectivity index (χ0) is 14.7. The summed E-state index contributed by atoms with van der Waals surface area (Å²) >= 11 is 0. The van der Waals surface area contributed by atoms with Crippen LogP contribution in [-0.2, 0) is 0 Å². The van der Waals surface area contributed by atoms with Gasteiger partial charge in [-0.2, -0.15) is 0 Å². The lowest BCUT2D eigenvalue weighted by Gasteiger charge is -2.07. The summed E-state index contributed by atoms with van der Waals surface area (Å²) in [5.41, 5.74) is 3.13. The molecule has 0 spiro atoms. The van der Waals surface area contributed by atoms with Crippen LogP contribution in [0.25, 0.3) is 16.9 Å². The molecule has 0 atom stereocenters. The third-order valence-corrected chi connectivity index (χ3v) is 3.23. The smallest absolute Gasteiger partial charge is 0.251 e. The first-order chi connectivity index (χ1) is 10.3. The maximum absolute atomic E-state index is 12.0. The maximum atomic E-state index is 12.0. The van der Waals surface area contributed by atoms with Gasteiger partial charge in [0.05, 0.1) is 0 Å². The number of benzene rings is 1. The topological polar surface area (TPSA) is 59.8 Å². The van der Waals surface area contributed by atoms with Gasteiger partial charge in [0.2, 0.25) is 0 Å². The molecule has 0 saturated carbocycles. The molecule has 1 N–H and O–H groups in total. The van der Waals surface area contributed by atoms with Crippen molar-refractivity contribution in [2.24, 2.45) is 0 Å². The summed E-state index contributed by atoms with van der Waals surface area (Å²) in [6.07, 6.45) is 4.38. The van der Waals surface area contributed by atoms with Crippen molar-refractivity contribution < 1.29 is 4.79 Å². The lowest BCUT2D eigenvalue weighted by atomic mass is 10.2. The van der Waals surface area contributed by atoms with Crippen molar-refractivity contribution in [3.63, 3.8) is 0 Å². The van der Waals surface area contributed by atoms with E-state index in [1.165, 1.54) is 0 Å². The Bertz CT molecular complexity index is 779. The Morgan fingerprint density at radius 1 is 1.24 bits per heavy atom. The van der Waals surface area contributed by atoms with Crippen LogP contribution in [0.5, 0.6) is 0 Å². The van der Waals surface area contributed by atoms with Gasteiger partial charge in [0.15, 0.2) is 5.65 Å². The van der Waals surface area contributed by atoms with Crippen LogP contribution in [-0.4, -0.2) is 27.0 Å². The van der Waals surface area contributed by atoms with Gasteiger partial charge >= 0.3 is 0 Å². The van der Waals surface area contributed by atoms with Gasteiger partial charge in [0.1, 0.15) is 11.8 Å². The molecule has 0 bridgehead atoms. The Balaban J connectivity index is 1.98. The quantitative estimate of drug-likeness (QED) is 0.799. The van der Waals surface area contributed by atoms with Gasteiger partial charge in [-0.25, -0.2) is 9.97 Å². The van der Waals surface area contributed by atoms with Crippen LogP contribution in [0.3, 0.4) is 0 Å². The van der Waals surface area contributed by atoms with Gasteiger partial charge in [-0.1, -0.05) is 13.0 Å². The Morgan fingerprint density at radius 3 is 3.00 bits per heavy atom. The van der Waals surface area contributed by atoms with Gasteiger partial charge in [0.25, 0.3) is 5.91 Å². The molecule has 1 aromatic carbocycles. The molecular weight excluding hydrogens is 264 g/mol. The van der Waals surface area contributed by atoms with E-state index in [4.69, 9.17) is 0 Å². The molecule has 0 aliphatic rings. The van der Waals surface area contributed by atoms with Crippen LogP contribution in [0.15, 0.2) is 48.9 Å². The van der Waals surface area contributed by atoms with Gasteiger partial charge in [0, 0.05) is 24.0 Å². The van der Waals surface area contributed by atoms with Gasteiger partial charge < -0.3 is 5.32 Å². The third-order valence-electron chi connectivity index (χ3n) is 3.23. The van der Waals surface area contributed by atoms with Crippen molar-refractivity contribution in [3.8, 4) is 5.69 Å². The van der Waals surface area contributed by atoms with E-state index in [9.17, 15) is 4.79 Å². The van der Waals surface area contributed by atoms with Crippen LogP contribution in [0.4, 0.5) is 0 Å². The Labute approximate surface area is 122 Å². The fraction of sp³-hybridized carbons (Fsp3) is 0.188. The van der Waals surface area contributed by atoms with E-state index >= 15 is 0 Å². The van der Waals surface area contributed by atoms with E-state index in [2.05, 4.69) is 15.3 Å². The molecular formula is C16H16N4O. The van der Waals surface area contributed by atoms with Crippen molar-refractivity contribution in [2.75, 3.05) is 6.54 Å². The number of aromatic nitrogens is 3. The van der Waals surface area contributed by atoms with Gasteiger partial charge in [-0.05, 0) is 36.8 Å². The molecule has 0 saturated heterocycles. The summed E-state index contributed by atoms with van der Waals surface area (Å²) in [6, 6.07) is 11.2. The van der Waals surface area contributed by atoms with Crippen LogP contribution in [0.1, 0.15) is 23.7 Å². The average molecular weight is 280 g/mol. The second kappa shape index (κ2) is 5.75. The van der Waals surface area contributed by atoms with Crippen LogP contribution in [0.2, 0.25) is 0 Å². The number of pyridine rings is 1. The molecule has 0 aliphatic heterocycles.